The molecule has 0 aliphatic carbocycles. The second-order valence-electron chi connectivity index (χ2n) is 5.15. The Morgan fingerprint density at radius 1 is 1.10 bits per heavy atom. The summed E-state index contributed by atoms with van der Waals surface area (Å²) in [5.74, 6) is 0.432. The predicted octanol–water partition coefficient (Wildman–Crippen LogP) is 4.69. The van der Waals surface area contributed by atoms with Crippen LogP contribution in [0, 0.1) is 12.7 Å². The van der Waals surface area contributed by atoms with Crippen LogP contribution in [0.5, 0.6) is 5.75 Å². The number of benzene rings is 2. The smallest absolute Gasteiger partial charge is 0.123 e. The Morgan fingerprint density at radius 3 is 2.57 bits per heavy atom. The van der Waals surface area contributed by atoms with Gasteiger partial charge in [-0.15, -0.1) is 0 Å². The van der Waals surface area contributed by atoms with Crippen LogP contribution in [0.15, 0.2) is 48.7 Å². The Bertz CT molecular complexity index is 759. The van der Waals surface area contributed by atoms with E-state index in [0.29, 0.717) is 12.4 Å². The van der Waals surface area contributed by atoms with Crippen molar-refractivity contribution in [3.8, 4) is 5.75 Å². The first-order valence-electron chi connectivity index (χ1n) is 7.14. The first kappa shape index (κ1) is 13.7. The molecule has 2 aromatic carbocycles. The Hall–Kier alpha value is -2.29. The van der Waals surface area contributed by atoms with Crippen LogP contribution in [0.1, 0.15) is 18.1 Å². The van der Waals surface area contributed by atoms with E-state index in [9.17, 15) is 4.39 Å². The third kappa shape index (κ3) is 2.64. The van der Waals surface area contributed by atoms with Gasteiger partial charge in [-0.3, -0.25) is 0 Å². The van der Waals surface area contributed by atoms with Crippen LogP contribution in [-0.2, 0) is 13.2 Å². The van der Waals surface area contributed by atoms with E-state index in [1.807, 2.05) is 0 Å². The maximum Gasteiger partial charge on any atom is 0.123 e. The summed E-state index contributed by atoms with van der Waals surface area (Å²) < 4.78 is 20.9. The molecule has 108 valence electrons. The van der Waals surface area contributed by atoms with Crippen molar-refractivity contribution in [3.63, 3.8) is 0 Å². The Labute approximate surface area is 123 Å². The molecule has 0 spiro atoms. The van der Waals surface area contributed by atoms with Crippen molar-refractivity contribution in [1.82, 2.24) is 4.57 Å². The van der Waals surface area contributed by atoms with E-state index in [0.717, 1.165) is 12.1 Å². The molecule has 0 saturated carbocycles. The minimum Gasteiger partial charge on any atom is -0.489 e. The molecule has 3 rings (SSSR count). The van der Waals surface area contributed by atoms with Gasteiger partial charge in [-0.1, -0.05) is 18.2 Å². The summed E-state index contributed by atoms with van der Waals surface area (Å²) >= 11 is 0. The summed E-state index contributed by atoms with van der Waals surface area (Å²) in [5.41, 5.74) is 3.68. The molecular weight excluding hydrogens is 265 g/mol. The van der Waals surface area contributed by atoms with Gasteiger partial charge in [-0.25, -0.2) is 4.39 Å². The summed E-state index contributed by atoms with van der Waals surface area (Å²) in [6.07, 6.45) is 2.14. The van der Waals surface area contributed by atoms with Gasteiger partial charge in [-0.2, -0.15) is 0 Å². The lowest BCUT2D eigenvalue weighted by atomic mass is 10.1. The monoisotopic (exact) mass is 283 g/mol. The number of halogens is 1. The zero-order valence-electron chi connectivity index (χ0n) is 12.3. The predicted molar refractivity (Wildman–Crippen MR) is 83.1 cm³/mol. The second kappa shape index (κ2) is 5.60. The fourth-order valence-corrected chi connectivity index (χ4v) is 2.68. The fourth-order valence-electron chi connectivity index (χ4n) is 2.68. The van der Waals surface area contributed by atoms with Gasteiger partial charge in [0.1, 0.15) is 18.2 Å². The molecule has 0 atom stereocenters. The van der Waals surface area contributed by atoms with E-state index in [1.165, 1.54) is 28.6 Å². The molecule has 0 aliphatic rings. The highest BCUT2D eigenvalue weighted by Gasteiger charge is 2.10. The van der Waals surface area contributed by atoms with Crippen LogP contribution in [0.4, 0.5) is 4.39 Å². The molecule has 0 N–H and O–H groups in total. The highest BCUT2D eigenvalue weighted by Crippen LogP contribution is 2.25. The average Bonchev–Trinajstić information content (AvgIpc) is 2.86. The lowest BCUT2D eigenvalue weighted by molar-refractivity contribution is 0.307. The quantitative estimate of drug-likeness (QED) is 0.677. The van der Waals surface area contributed by atoms with E-state index >= 15 is 0 Å². The maximum absolute atomic E-state index is 12.9. The van der Waals surface area contributed by atoms with Gasteiger partial charge in [0.2, 0.25) is 0 Å². The zero-order valence-corrected chi connectivity index (χ0v) is 12.3. The minimum absolute atomic E-state index is 0.249. The van der Waals surface area contributed by atoms with Gasteiger partial charge in [0.05, 0.1) is 5.52 Å². The maximum atomic E-state index is 12.9. The molecule has 0 saturated heterocycles. The van der Waals surface area contributed by atoms with Crippen molar-refractivity contribution in [2.24, 2.45) is 0 Å². The fraction of sp³-hybridized carbons (Fsp3) is 0.222. The number of nitrogens with zero attached hydrogens (tertiary/aromatic N) is 1. The molecule has 1 aromatic heterocycles. The third-order valence-electron chi connectivity index (χ3n) is 3.73. The summed E-state index contributed by atoms with van der Waals surface area (Å²) in [4.78, 5) is 0. The topological polar surface area (TPSA) is 14.2 Å². The lowest BCUT2D eigenvalue weighted by Crippen LogP contribution is -1.95. The molecule has 0 bridgehead atoms. The van der Waals surface area contributed by atoms with Crippen molar-refractivity contribution in [2.75, 3.05) is 0 Å². The summed E-state index contributed by atoms with van der Waals surface area (Å²) in [7, 11) is 0. The van der Waals surface area contributed by atoms with E-state index in [1.54, 1.807) is 12.1 Å². The third-order valence-corrected chi connectivity index (χ3v) is 3.73. The molecule has 0 unspecified atom stereocenters. The molecular formula is C18H18FNO. The van der Waals surface area contributed by atoms with Crippen molar-refractivity contribution in [2.45, 2.75) is 27.0 Å². The van der Waals surface area contributed by atoms with Gasteiger partial charge < -0.3 is 9.30 Å². The van der Waals surface area contributed by atoms with E-state index in [4.69, 9.17) is 4.74 Å². The Balaban J connectivity index is 1.90. The number of rotatable bonds is 4. The van der Waals surface area contributed by atoms with Crippen LogP contribution in [0.25, 0.3) is 10.9 Å². The highest BCUT2D eigenvalue weighted by molar-refractivity contribution is 5.86. The van der Waals surface area contributed by atoms with Gasteiger partial charge in [0, 0.05) is 23.7 Å². The van der Waals surface area contributed by atoms with Gasteiger partial charge in [-0.05, 0) is 43.7 Å². The van der Waals surface area contributed by atoms with Crippen molar-refractivity contribution in [3.05, 3.63) is 65.6 Å². The second-order valence-corrected chi connectivity index (χ2v) is 5.15. The summed E-state index contributed by atoms with van der Waals surface area (Å²) in [5, 5.41) is 1.22. The van der Waals surface area contributed by atoms with Gasteiger partial charge in [0.25, 0.3) is 0 Å². The lowest BCUT2D eigenvalue weighted by Gasteiger charge is -2.05. The first-order chi connectivity index (χ1) is 10.2. The molecule has 0 fully saturated rings. The largest absolute Gasteiger partial charge is 0.489 e. The molecule has 21 heavy (non-hydrogen) atoms. The summed E-state index contributed by atoms with van der Waals surface area (Å²) in [6.45, 7) is 5.67. The van der Waals surface area contributed by atoms with Gasteiger partial charge in [0.15, 0.2) is 0 Å². The zero-order chi connectivity index (χ0) is 14.8. The number of hydrogen-bond acceptors (Lipinski definition) is 1. The Morgan fingerprint density at radius 2 is 1.86 bits per heavy atom. The first-order valence-corrected chi connectivity index (χ1v) is 7.14. The molecule has 3 heteroatoms. The van der Waals surface area contributed by atoms with Crippen LogP contribution in [0.2, 0.25) is 0 Å². The van der Waals surface area contributed by atoms with Crippen LogP contribution < -0.4 is 4.74 Å². The molecule has 0 amide bonds. The van der Waals surface area contributed by atoms with Crippen LogP contribution in [0.3, 0.4) is 0 Å². The minimum atomic E-state index is -0.249. The average molecular weight is 283 g/mol. The number of ether oxygens (including phenoxy) is 1. The Kier molecular flexibility index (Phi) is 3.65. The van der Waals surface area contributed by atoms with Crippen molar-refractivity contribution in [1.29, 1.82) is 0 Å². The molecule has 2 nitrogen and oxygen atoms in total. The number of para-hydroxylation sites is 1. The molecule has 0 aliphatic heterocycles. The molecule has 0 radical (unpaired) electrons. The standard InChI is InChI=1S/C18H18FNO/c1-3-20-11-14(17-6-4-5-13(2)18(17)20)12-21-16-9-7-15(19)8-10-16/h4-11H,3,12H2,1-2H3. The van der Waals surface area contributed by atoms with E-state index in [-0.39, 0.29) is 5.82 Å². The number of fused-ring (bicyclic) bond motifs is 1. The van der Waals surface area contributed by atoms with E-state index in [2.05, 4.69) is 42.8 Å². The van der Waals surface area contributed by atoms with E-state index < -0.39 is 0 Å². The summed E-state index contributed by atoms with van der Waals surface area (Å²) in [6, 6.07) is 12.4. The number of hydrogen-bond donors (Lipinski definition) is 0. The number of aromatic nitrogens is 1. The van der Waals surface area contributed by atoms with Crippen molar-refractivity contribution < 1.29 is 9.13 Å². The normalized spacial score (nSPS) is 11.0. The molecule has 1 heterocycles. The SMILES string of the molecule is CCn1cc(COc2ccc(F)cc2)c2cccc(C)c21. The van der Waals surface area contributed by atoms with Crippen LogP contribution in [-0.4, -0.2) is 4.57 Å². The van der Waals surface area contributed by atoms with Crippen molar-refractivity contribution >= 4 is 10.9 Å². The number of aryl methyl sites for hydroxylation is 2. The van der Waals surface area contributed by atoms with Gasteiger partial charge >= 0.3 is 0 Å². The molecule has 3 aromatic rings. The highest BCUT2D eigenvalue weighted by atomic mass is 19.1. The van der Waals surface area contributed by atoms with Crippen LogP contribution >= 0.6 is 0 Å².